The quantitative estimate of drug-likeness (QED) is 0.502. The van der Waals surface area contributed by atoms with Crippen molar-refractivity contribution in [3.8, 4) is 5.75 Å². The van der Waals surface area contributed by atoms with Gasteiger partial charge in [0.05, 0.1) is 5.69 Å². The smallest absolute Gasteiger partial charge is 0.262 e. The molecule has 7 nitrogen and oxygen atoms in total. The number of hydrogen-bond donors (Lipinski definition) is 3. The van der Waals surface area contributed by atoms with E-state index in [4.69, 9.17) is 9.84 Å². The van der Waals surface area contributed by atoms with Gasteiger partial charge in [0.15, 0.2) is 12.4 Å². The van der Waals surface area contributed by atoms with Crippen molar-refractivity contribution in [3.05, 3.63) is 23.8 Å². The first-order valence-electron chi connectivity index (χ1n) is 7.07. The number of nitrogens with one attached hydrogen (secondary N) is 2. The largest absolute Gasteiger partial charge is 0.482 e. The van der Waals surface area contributed by atoms with Crippen LogP contribution in [0.3, 0.4) is 0 Å². The van der Waals surface area contributed by atoms with Crippen LogP contribution in [-0.2, 0) is 9.59 Å². The van der Waals surface area contributed by atoms with Gasteiger partial charge in [0.25, 0.3) is 5.91 Å². The van der Waals surface area contributed by atoms with Crippen molar-refractivity contribution < 1.29 is 24.2 Å². The van der Waals surface area contributed by atoms with Gasteiger partial charge >= 0.3 is 0 Å². The molecule has 0 fully saturated rings. The number of ether oxygens (including phenoxy) is 1. The Hall–Kier alpha value is -2.41. The minimum absolute atomic E-state index is 0.0160. The molecule has 1 aromatic rings. The zero-order chi connectivity index (χ0) is 15.9. The molecule has 0 unspecified atom stereocenters. The maximum atomic E-state index is 12.1. The summed E-state index contributed by atoms with van der Waals surface area (Å²) >= 11 is 0. The van der Waals surface area contributed by atoms with E-state index in [0.717, 1.165) is 0 Å². The molecule has 0 aliphatic carbocycles. The molecule has 1 aromatic carbocycles. The average molecular weight is 306 g/mol. The molecule has 0 aromatic heterocycles. The van der Waals surface area contributed by atoms with Gasteiger partial charge in [-0.3, -0.25) is 14.4 Å². The summed E-state index contributed by atoms with van der Waals surface area (Å²) in [4.78, 5) is 34.8. The zero-order valence-corrected chi connectivity index (χ0v) is 12.1. The summed E-state index contributed by atoms with van der Waals surface area (Å²) in [5.74, 6) is -0.144. The number of benzene rings is 1. The van der Waals surface area contributed by atoms with Crippen molar-refractivity contribution in [2.45, 2.75) is 19.3 Å². The molecule has 3 N–H and O–H groups in total. The minimum Gasteiger partial charge on any atom is -0.482 e. The molecule has 2 rings (SSSR count). The predicted octanol–water partition coefficient (Wildman–Crippen LogP) is 0.479. The Bertz CT molecular complexity index is 585. The molecule has 1 aliphatic heterocycles. The second-order valence-electron chi connectivity index (χ2n) is 4.90. The molecule has 0 radical (unpaired) electrons. The molecule has 1 heterocycles. The summed E-state index contributed by atoms with van der Waals surface area (Å²) in [7, 11) is 0. The standard InChI is InChI=1S/C15H18N2O5/c18-7-1-6-16-14(20)5-3-12(19)10-2-4-13-11(8-10)17-15(21)9-22-13/h2,4,8,18H,1,3,5-7,9H2,(H,16,20)(H,17,21). The number of Topliss-reactive ketones (excluding diaryl/α,β-unsaturated/α-hetero) is 1. The van der Waals surface area contributed by atoms with Crippen LogP contribution in [0.1, 0.15) is 29.6 Å². The van der Waals surface area contributed by atoms with Crippen LogP contribution in [0.4, 0.5) is 5.69 Å². The SMILES string of the molecule is O=C(CCC(=O)c1ccc2c(c1)NC(=O)CO2)NCCCO. The van der Waals surface area contributed by atoms with Crippen LogP contribution in [0.15, 0.2) is 18.2 Å². The van der Waals surface area contributed by atoms with Crippen molar-refractivity contribution in [1.82, 2.24) is 5.32 Å². The zero-order valence-electron chi connectivity index (χ0n) is 12.1. The molecule has 0 saturated heterocycles. The normalized spacial score (nSPS) is 12.9. The first kappa shape index (κ1) is 16.0. The highest BCUT2D eigenvalue weighted by molar-refractivity contribution is 6.01. The summed E-state index contributed by atoms with van der Waals surface area (Å²) in [6, 6.07) is 4.80. The fourth-order valence-corrected chi connectivity index (χ4v) is 2.02. The van der Waals surface area contributed by atoms with Crippen LogP contribution in [0, 0.1) is 0 Å². The first-order chi connectivity index (χ1) is 10.6. The lowest BCUT2D eigenvalue weighted by molar-refractivity contribution is -0.121. The third-order valence-electron chi connectivity index (χ3n) is 3.17. The molecule has 22 heavy (non-hydrogen) atoms. The van der Waals surface area contributed by atoms with Crippen LogP contribution in [-0.4, -0.2) is 42.5 Å². The van der Waals surface area contributed by atoms with Crippen LogP contribution in [0.25, 0.3) is 0 Å². The summed E-state index contributed by atoms with van der Waals surface area (Å²) < 4.78 is 5.22. The highest BCUT2D eigenvalue weighted by Gasteiger charge is 2.18. The van der Waals surface area contributed by atoms with Crippen molar-refractivity contribution >= 4 is 23.3 Å². The van der Waals surface area contributed by atoms with Gasteiger partial charge in [-0.1, -0.05) is 0 Å². The maximum absolute atomic E-state index is 12.1. The van der Waals surface area contributed by atoms with Gasteiger partial charge in [0, 0.05) is 31.6 Å². The van der Waals surface area contributed by atoms with Crippen LogP contribution >= 0.6 is 0 Å². The van der Waals surface area contributed by atoms with E-state index in [0.29, 0.717) is 30.0 Å². The molecule has 0 saturated carbocycles. The molecular weight excluding hydrogens is 288 g/mol. The number of carbonyl (C=O) groups is 3. The molecule has 2 amide bonds. The van der Waals surface area contributed by atoms with Crippen LogP contribution in [0.2, 0.25) is 0 Å². The van der Waals surface area contributed by atoms with Crippen molar-refractivity contribution in [2.24, 2.45) is 0 Å². The topological polar surface area (TPSA) is 105 Å². The number of anilines is 1. The third-order valence-corrected chi connectivity index (χ3v) is 3.17. The third kappa shape index (κ3) is 4.29. The molecule has 0 bridgehead atoms. The second-order valence-corrected chi connectivity index (χ2v) is 4.90. The lowest BCUT2D eigenvalue weighted by atomic mass is 10.0. The monoisotopic (exact) mass is 306 g/mol. The van der Waals surface area contributed by atoms with E-state index in [1.54, 1.807) is 18.2 Å². The molecule has 0 spiro atoms. The average Bonchev–Trinajstić information content (AvgIpc) is 2.52. The molecular formula is C15H18N2O5. The lowest BCUT2D eigenvalue weighted by Gasteiger charge is -2.18. The van der Waals surface area contributed by atoms with Gasteiger partial charge < -0.3 is 20.5 Å². The Morgan fingerprint density at radius 1 is 1.32 bits per heavy atom. The fraction of sp³-hybridized carbons (Fsp3) is 0.400. The number of carbonyl (C=O) groups excluding carboxylic acids is 3. The molecule has 1 aliphatic rings. The Kier molecular flexibility index (Phi) is 5.48. The summed E-state index contributed by atoms with van der Waals surface area (Å²) in [6.07, 6.45) is 0.660. The van der Waals surface area contributed by atoms with E-state index in [1.807, 2.05) is 0 Å². The van der Waals surface area contributed by atoms with Crippen LogP contribution in [0.5, 0.6) is 5.75 Å². The van der Waals surface area contributed by atoms with Gasteiger partial charge in [-0.05, 0) is 24.6 Å². The summed E-state index contributed by atoms with van der Waals surface area (Å²) in [5, 5.41) is 13.9. The number of aliphatic hydroxyl groups excluding tert-OH is 1. The fourth-order valence-electron chi connectivity index (χ4n) is 2.02. The van der Waals surface area contributed by atoms with Crippen molar-refractivity contribution in [1.29, 1.82) is 0 Å². The highest BCUT2D eigenvalue weighted by atomic mass is 16.5. The van der Waals surface area contributed by atoms with Crippen molar-refractivity contribution in [3.63, 3.8) is 0 Å². The van der Waals surface area contributed by atoms with Crippen molar-refractivity contribution in [2.75, 3.05) is 25.1 Å². The molecule has 7 heteroatoms. The Balaban J connectivity index is 1.89. The maximum Gasteiger partial charge on any atom is 0.262 e. The van der Waals surface area contributed by atoms with Gasteiger partial charge in [-0.15, -0.1) is 0 Å². The van der Waals surface area contributed by atoms with E-state index < -0.39 is 0 Å². The number of hydrogen-bond acceptors (Lipinski definition) is 5. The molecule has 118 valence electrons. The van der Waals surface area contributed by atoms with Gasteiger partial charge in [0.1, 0.15) is 5.75 Å². The molecule has 0 atom stereocenters. The van der Waals surface area contributed by atoms with E-state index in [-0.39, 0.29) is 43.7 Å². The second kappa shape index (κ2) is 7.56. The number of rotatable bonds is 7. The number of ketones is 1. The summed E-state index contributed by atoms with van der Waals surface area (Å²) in [5.41, 5.74) is 0.891. The Morgan fingerprint density at radius 2 is 2.14 bits per heavy atom. The number of aliphatic hydroxyl groups is 1. The number of amides is 2. The van der Waals surface area contributed by atoms with Crippen LogP contribution < -0.4 is 15.4 Å². The van der Waals surface area contributed by atoms with E-state index >= 15 is 0 Å². The van der Waals surface area contributed by atoms with Gasteiger partial charge in [-0.25, -0.2) is 0 Å². The Morgan fingerprint density at radius 3 is 2.91 bits per heavy atom. The Labute approximate surface area is 127 Å². The van der Waals surface area contributed by atoms with E-state index in [2.05, 4.69) is 10.6 Å². The first-order valence-corrected chi connectivity index (χ1v) is 7.07. The van der Waals surface area contributed by atoms with Gasteiger partial charge in [-0.2, -0.15) is 0 Å². The lowest BCUT2D eigenvalue weighted by Crippen LogP contribution is -2.26. The predicted molar refractivity (Wildman–Crippen MR) is 78.8 cm³/mol. The number of fused-ring (bicyclic) bond motifs is 1. The van der Waals surface area contributed by atoms with E-state index in [1.165, 1.54) is 0 Å². The van der Waals surface area contributed by atoms with Gasteiger partial charge in [0.2, 0.25) is 5.91 Å². The highest BCUT2D eigenvalue weighted by Crippen LogP contribution is 2.28. The summed E-state index contributed by atoms with van der Waals surface area (Å²) in [6.45, 7) is 0.377. The van der Waals surface area contributed by atoms with E-state index in [9.17, 15) is 14.4 Å². The minimum atomic E-state index is -0.264.